The van der Waals surface area contributed by atoms with E-state index in [2.05, 4.69) is 51.3 Å². The van der Waals surface area contributed by atoms with Crippen molar-refractivity contribution in [2.45, 2.75) is 157 Å². The second-order valence-electron chi connectivity index (χ2n) is 25.3. The molecule has 0 saturated heterocycles. The van der Waals surface area contributed by atoms with E-state index in [1.54, 1.807) is 53.7 Å². The van der Waals surface area contributed by atoms with Crippen molar-refractivity contribution in [3.8, 4) is 0 Å². The number of aromatic nitrogens is 4. The number of aryl methyl sites for hydroxylation is 12. The zero-order valence-electron chi connectivity index (χ0n) is 92.1. The second-order valence-corrected chi connectivity index (χ2v) is 35.6. The number of thiophene rings is 4. The summed E-state index contributed by atoms with van der Waals surface area (Å²) in [5, 5.41) is 28.5. The number of hydrogen-bond acceptors (Lipinski definition) is 28. The van der Waals surface area contributed by atoms with Gasteiger partial charge >= 0.3 is 0 Å². The summed E-state index contributed by atoms with van der Waals surface area (Å²) in [7, 11) is -18.1. The lowest BCUT2D eigenvalue weighted by Crippen LogP contribution is -2.20. The highest BCUT2D eigenvalue weighted by Gasteiger charge is 2.33. The molecule has 8 heterocycles. The topological polar surface area (TPSA) is 473 Å². The number of nitrogens with one attached hydrogen (secondary N) is 8. The molecule has 4 aromatic carbocycles. The molecule has 0 bridgehead atoms. The first-order valence-corrected chi connectivity index (χ1v) is 43.0. The van der Waals surface area contributed by atoms with E-state index in [-0.39, 0.29) is 82.8 Å². The summed E-state index contributed by atoms with van der Waals surface area (Å²) in [6, 6.07) is 7.41. The van der Waals surface area contributed by atoms with Crippen LogP contribution in [0.5, 0.6) is 0 Å². The minimum absolute atomic E-state index is 0.00541. The van der Waals surface area contributed by atoms with Crippen LogP contribution in [0, 0.1) is 110 Å². The van der Waals surface area contributed by atoms with Crippen LogP contribution in [0.3, 0.4) is 0 Å². The van der Waals surface area contributed by atoms with Crippen LogP contribution < -0.4 is 40.2 Å². The first kappa shape index (κ1) is 59.7. The number of carbonyl (C=O) groups excluding carboxylic acids is 8. The number of benzene rings is 4. The highest BCUT2D eigenvalue weighted by atomic mass is 32.2. The maximum atomic E-state index is 13.3. The van der Waals surface area contributed by atoms with Gasteiger partial charge in [0.25, 0.3) is 63.7 Å². The summed E-state index contributed by atoms with van der Waals surface area (Å²) in [6.45, 7) is -6.54. The zero-order chi connectivity index (χ0) is 112. The average Bonchev–Trinajstić information content (AvgIpc) is 1.25. The number of carbonyl (C=O) groups is 8. The molecule has 120 heavy (non-hydrogen) atoms. The van der Waals surface area contributed by atoms with Crippen molar-refractivity contribution in [3.05, 3.63) is 226 Å². The van der Waals surface area contributed by atoms with E-state index in [9.17, 15) is 72.0 Å². The molecule has 8 aromatic heterocycles. The van der Waals surface area contributed by atoms with Gasteiger partial charge in [0.05, 0.1) is 51.0 Å². The van der Waals surface area contributed by atoms with Crippen molar-refractivity contribution < 1.29 is 129 Å². The molecule has 0 aliphatic rings. The molecule has 0 atom stereocenters. The highest BCUT2D eigenvalue weighted by Crippen LogP contribution is 2.36. The molecule has 12 aromatic rings. The Hall–Kier alpha value is -11.9. The van der Waals surface area contributed by atoms with E-state index in [4.69, 9.17) is 56.5 Å². The highest BCUT2D eigenvalue weighted by molar-refractivity contribution is 7.94. The lowest BCUT2D eigenvalue weighted by molar-refractivity contribution is 0.100. The largest absolute Gasteiger partial charge is 0.337 e. The smallest absolute Gasteiger partial charge is 0.267 e. The predicted octanol–water partition coefficient (Wildman–Crippen LogP) is 16.9. The fraction of sp³-hybridized carbons (Fsp3) is 0.250. The molecule has 4 amide bonds. The van der Waals surface area contributed by atoms with Gasteiger partial charge in [-0.05, 0) is 252 Å². The van der Waals surface area contributed by atoms with Gasteiger partial charge in [0, 0.05) is 77.4 Å². The van der Waals surface area contributed by atoms with E-state index in [1.165, 1.54) is 55.3 Å². The maximum absolute atomic E-state index is 13.3. The number of Topliss-reactive ketones (excluding diaryl/α,β-unsaturated/α-hetero) is 4. The molecule has 0 aliphatic heterocycles. The van der Waals surface area contributed by atoms with Crippen LogP contribution >= 0.6 is 45.3 Å². The Balaban J connectivity index is 0.000000220. The monoisotopic (exact) mass is 1820 g/mol. The van der Waals surface area contributed by atoms with Crippen molar-refractivity contribution in [2.75, 3.05) is 40.2 Å². The van der Waals surface area contributed by atoms with E-state index in [1.807, 2.05) is 9.44 Å². The van der Waals surface area contributed by atoms with E-state index in [0.717, 1.165) is 72.1 Å². The molecular formula is C80H84N12O20S8. The van der Waals surface area contributed by atoms with Gasteiger partial charge in [0.1, 0.15) is 39.1 Å². The average molecular weight is 1820 g/mol. The minimum atomic E-state index is -4.68. The Kier molecular flexibility index (Phi) is 18.5. The summed E-state index contributed by atoms with van der Waals surface area (Å²) in [4.78, 5) is 98.5. The SMILES string of the molecule is [2H]c1c(C([2H])([2H])[2H])cc(C([2H])([2H])[2H])c(NC(=O)c2sccc2S(=O)(=O)Nc2onc(C)c2C([2H])([2H])[2H])c1C(C)=O.[2H]c1c(C([2H])([2H])[2H])cc(C([2H])([2H])[2H])c(NC(=O)c2sccc2S(=O)(=O)Nc2onc(C)c2C)c1C(C)=O.[2H]c1c(C)cc(C)c(NC(=O)c2sccc2S(=O)(=O)Nc2onc(C([2H])([2H])[2H])c2C([2H])([2H])[2H])c1C(C)=O.[2H]c1c(C)cc(C)c(NC(=O)c2sccc2S(=O)(=O)Nc2onc(C([2H])([2H])[2H])c2C)c1C(C)=O. The fourth-order valence-corrected chi connectivity index (χ4v) is 19.8. The second kappa shape index (κ2) is 37.2. The Morgan fingerprint density at radius 2 is 0.567 bits per heavy atom. The third kappa shape index (κ3) is 21.0. The minimum Gasteiger partial charge on any atom is -0.337 e. The molecule has 0 spiro atoms. The molecule has 0 radical (unpaired) electrons. The number of rotatable bonds is 24. The number of anilines is 8. The number of ketones is 4. The van der Waals surface area contributed by atoms with E-state index < -0.39 is 247 Å². The van der Waals surface area contributed by atoms with E-state index >= 15 is 0 Å². The van der Waals surface area contributed by atoms with Crippen LogP contribution in [-0.4, -0.2) is 101 Å². The molecule has 0 aliphatic carbocycles. The summed E-state index contributed by atoms with van der Waals surface area (Å²) in [5.74, 6) is -8.81. The van der Waals surface area contributed by atoms with Gasteiger partial charge in [-0.1, -0.05) is 44.9 Å². The summed E-state index contributed by atoms with van der Waals surface area (Å²) < 4.78 is 348. The van der Waals surface area contributed by atoms with Crippen LogP contribution in [0.2, 0.25) is 0 Å². The number of hydrogen-bond donors (Lipinski definition) is 8. The quantitative estimate of drug-likeness (QED) is 0.0260. The summed E-state index contributed by atoms with van der Waals surface area (Å²) in [6.07, 6.45) is 0. The number of nitrogens with zero attached hydrogens (tertiary/aromatic N) is 4. The molecule has 12 rings (SSSR count). The van der Waals surface area contributed by atoms with Crippen LogP contribution in [0.4, 0.5) is 46.3 Å². The lowest BCUT2D eigenvalue weighted by Gasteiger charge is -2.14. The Labute approximate surface area is 747 Å². The van der Waals surface area contributed by atoms with Crippen molar-refractivity contribution in [2.24, 2.45) is 0 Å². The maximum Gasteiger partial charge on any atom is 0.267 e. The van der Waals surface area contributed by atoms with Gasteiger partial charge in [-0.15, -0.1) is 45.3 Å². The van der Waals surface area contributed by atoms with Crippen LogP contribution in [0.1, 0.15) is 236 Å². The third-order valence-electron chi connectivity index (χ3n) is 16.3. The van der Waals surface area contributed by atoms with Crippen LogP contribution in [-0.2, 0) is 40.1 Å². The zero-order valence-corrected chi connectivity index (χ0v) is 70.7. The van der Waals surface area contributed by atoms with E-state index in [0.29, 0.717) is 50.9 Å². The van der Waals surface area contributed by atoms with Gasteiger partial charge < -0.3 is 39.4 Å². The molecule has 32 nitrogen and oxygen atoms in total. The van der Waals surface area contributed by atoms with Crippen LogP contribution in [0.25, 0.3) is 0 Å². The molecule has 0 saturated carbocycles. The van der Waals surface area contributed by atoms with Gasteiger partial charge in [0.2, 0.25) is 23.5 Å². The van der Waals surface area contributed by atoms with Crippen molar-refractivity contribution in [1.29, 1.82) is 0 Å². The number of sulfonamides is 4. The summed E-state index contributed by atoms with van der Waals surface area (Å²) in [5.41, 5.74) is -5.10. The molecule has 632 valence electrons. The number of amides is 4. The van der Waals surface area contributed by atoms with Crippen molar-refractivity contribution in [1.82, 2.24) is 20.6 Å². The molecular weight excluding hydrogens is 1710 g/mol. The Morgan fingerprint density at radius 3 is 0.825 bits per heavy atom. The van der Waals surface area contributed by atoms with Gasteiger partial charge in [-0.25, -0.2) is 52.6 Å². The van der Waals surface area contributed by atoms with Gasteiger partial charge in [-0.3, -0.25) is 38.4 Å². The first-order valence-electron chi connectivity index (χ1n) is 47.6. The standard InChI is InChI=1S/4C20H21N3O5S2/c4*1-10-8-11(2)17(15(9-10)14(5)24)21-19(25)18-16(6-7-29-18)30(26,27)23-20-12(3)13(4)22-28-20/h4*6-9,23H,1-5H3,(H,21,25)/i1D3,2D3,3D3,9D;3D3,4D3,9D;1D3,2D3,9D;4D3,9D. The molecule has 40 heteroatoms. The third-order valence-corrected chi connectivity index (χ3v) is 26.0. The van der Waals surface area contributed by atoms with Crippen molar-refractivity contribution >= 4 is 178 Å². The summed E-state index contributed by atoms with van der Waals surface area (Å²) >= 11 is 2.95. The lowest BCUT2D eigenvalue weighted by atomic mass is 10.0. The Bertz CT molecular complexity index is 7830. The normalized spacial score (nSPS) is 15.6. The van der Waals surface area contributed by atoms with Crippen molar-refractivity contribution in [3.63, 3.8) is 0 Å². The van der Waals surface area contributed by atoms with Gasteiger partial charge in [0.15, 0.2) is 23.1 Å². The van der Waals surface area contributed by atoms with Gasteiger partial charge in [-0.2, -0.15) is 0 Å². The predicted molar refractivity (Wildman–Crippen MR) is 460 cm³/mol. The first-order chi connectivity index (χ1) is 67.4. The molecule has 8 N–H and O–H groups in total. The fourth-order valence-electron chi connectivity index (χ4n) is 10.4. The van der Waals surface area contributed by atoms with Crippen LogP contribution in [0.15, 0.2) is 132 Å². The Morgan fingerprint density at radius 1 is 0.325 bits per heavy atom. The molecule has 0 unspecified atom stereocenters. The molecule has 0 fully saturated rings.